The van der Waals surface area contributed by atoms with Crippen molar-refractivity contribution in [3.05, 3.63) is 9.47 Å². The second-order valence-corrected chi connectivity index (χ2v) is 4.88. The second-order valence-electron chi connectivity index (χ2n) is 3.23. The molecule has 0 aromatic carbocycles. The van der Waals surface area contributed by atoms with Crippen molar-refractivity contribution >= 4 is 22.9 Å². The predicted molar refractivity (Wildman–Crippen MR) is 52.8 cm³/mol. The lowest BCUT2D eigenvalue weighted by molar-refractivity contribution is 0.325. The number of hydrogen-bond acceptors (Lipinski definition) is 5. The van der Waals surface area contributed by atoms with Crippen LogP contribution in [0, 0.1) is 0 Å². The molecule has 0 amide bonds. The first-order valence-corrected chi connectivity index (χ1v) is 5.39. The van der Waals surface area contributed by atoms with E-state index in [1.807, 2.05) is 0 Å². The zero-order valence-electron chi connectivity index (χ0n) is 7.11. The van der Waals surface area contributed by atoms with Gasteiger partial charge in [-0.15, -0.1) is 10.2 Å². The van der Waals surface area contributed by atoms with Gasteiger partial charge in [-0.1, -0.05) is 11.3 Å². The van der Waals surface area contributed by atoms with Crippen LogP contribution in [-0.4, -0.2) is 34.2 Å². The van der Waals surface area contributed by atoms with Gasteiger partial charge in [0.2, 0.25) is 4.47 Å². The van der Waals surface area contributed by atoms with Crippen LogP contribution in [0.3, 0.4) is 0 Å². The van der Waals surface area contributed by atoms with Gasteiger partial charge in [-0.05, 0) is 18.0 Å². The SMILES string of the molecule is N[C@H]1CCN(Cc2nnc(Cl)s2)C1. The molecule has 0 unspecified atom stereocenters. The van der Waals surface area contributed by atoms with Gasteiger partial charge < -0.3 is 5.73 Å². The quantitative estimate of drug-likeness (QED) is 0.795. The van der Waals surface area contributed by atoms with E-state index in [0.717, 1.165) is 31.1 Å². The van der Waals surface area contributed by atoms with Crippen molar-refractivity contribution in [1.82, 2.24) is 15.1 Å². The maximum Gasteiger partial charge on any atom is 0.207 e. The van der Waals surface area contributed by atoms with Crippen molar-refractivity contribution in [2.75, 3.05) is 13.1 Å². The Morgan fingerprint density at radius 3 is 3.00 bits per heavy atom. The lowest BCUT2D eigenvalue weighted by atomic mass is 10.3. The van der Waals surface area contributed by atoms with Crippen molar-refractivity contribution in [2.24, 2.45) is 5.73 Å². The Bertz CT molecular complexity index is 290. The summed E-state index contributed by atoms with van der Waals surface area (Å²) in [7, 11) is 0. The maximum absolute atomic E-state index is 5.78. The molecule has 1 saturated heterocycles. The van der Waals surface area contributed by atoms with E-state index in [-0.39, 0.29) is 0 Å². The number of rotatable bonds is 2. The molecule has 0 spiro atoms. The van der Waals surface area contributed by atoms with Crippen molar-refractivity contribution in [3.63, 3.8) is 0 Å². The molecular weight excluding hydrogens is 208 g/mol. The summed E-state index contributed by atoms with van der Waals surface area (Å²) in [6.45, 7) is 2.84. The molecule has 0 aliphatic carbocycles. The van der Waals surface area contributed by atoms with Gasteiger partial charge in [-0.2, -0.15) is 0 Å². The molecule has 0 bridgehead atoms. The number of likely N-dealkylation sites (tertiary alicyclic amines) is 1. The van der Waals surface area contributed by atoms with Gasteiger partial charge >= 0.3 is 0 Å². The molecule has 72 valence electrons. The molecule has 1 atom stereocenters. The molecule has 1 aliphatic rings. The Labute approximate surface area is 85.7 Å². The minimum atomic E-state index is 0.323. The third-order valence-corrected chi connectivity index (χ3v) is 3.11. The zero-order chi connectivity index (χ0) is 9.26. The zero-order valence-corrected chi connectivity index (χ0v) is 8.68. The first kappa shape index (κ1) is 9.33. The molecule has 13 heavy (non-hydrogen) atoms. The van der Waals surface area contributed by atoms with Crippen LogP contribution in [0.1, 0.15) is 11.4 Å². The fraction of sp³-hybridized carbons (Fsp3) is 0.714. The molecule has 2 N–H and O–H groups in total. The monoisotopic (exact) mass is 218 g/mol. The van der Waals surface area contributed by atoms with Gasteiger partial charge in [0.15, 0.2) is 0 Å². The number of nitrogens with two attached hydrogens (primary N) is 1. The van der Waals surface area contributed by atoms with Gasteiger partial charge in [-0.3, -0.25) is 4.90 Å². The Balaban J connectivity index is 1.91. The molecule has 0 radical (unpaired) electrons. The van der Waals surface area contributed by atoms with E-state index in [1.54, 1.807) is 0 Å². The Morgan fingerprint density at radius 1 is 1.62 bits per heavy atom. The largest absolute Gasteiger partial charge is 0.326 e. The smallest absolute Gasteiger partial charge is 0.207 e. The summed E-state index contributed by atoms with van der Waals surface area (Å²) in [6.07, 6.45) is 1.08. The van der Waals surface area contributed by atoms with E-state index >= 15 is 0 Å². The molecule has 0 saturated carbocycles. The molecule has 2 rings (SSSR count). The lowest BCUT2D eigenvalue weighted by Crippen LogP contribution is -2.26. The number of halogens is 1. The number of nitrogens with zero attached hydrogens (tertiary/aromatic N) is 3. The molecule has 4 nitrogen and oxygen atoms in total. The number of hydrogen-bond donors (Lipinski definition) is 1. The summed E-state index contributed by atoms with van der Waals surface area (Å²) in [5.74, 6) is 0. The Morgan fingerprint density at radius 2 is 2.46 bits per heavy atom. The fourth-order valence-corrected chi connectivity index (χ4v) is 2.40. The van der Waals surface area contributed by atoms with Crippen LogP contribution in [0.4, 0.5) is 0 Å². The Kier molecular flexibility index (Phi) is 2.78. The number of aromatic nitrogens is 2. The van der Waals surface area contributed by atoms with E-state index in [9.17, 15) is 0 Å². The van der Waals surface area contributed by atoms with Crippen LogP contribution >= 0.6 is 22.9 Å². The predicted octanol–water partition coefficient (Wildman–Crippen LogP) is 0.724. The highest BCUT2D eigenvalue weighted by atomic mass is 35.5. The highest BCUT2D eigenvalue weighted by molar-refractivity contribution is 7.15. The van der Waals surface area contributed by atoms with Crippen molar-refractivity contribution in [3.8, 4) is 0 Å². The van der Waals surface area contributed by atoms with Gasteiger partial charge in [0.05, 0.1) is 6.54 Å². The minimum Gasteiger partial charge on any atom is -0.326 e. The van der Waals surface area contributed by atoms with Gasteiger partial charge in [0, 0.05) is 19.1 Å². The summed E-state index contributed by atoms with van der Waals surface area (Å²) < 4.78 is 0.512. The molecule has 6 heteroatoms. The van der Waals surface area contributed by atoms with E-state index in [2.05, 4.69) is 15.1 Å². The minimum absolute atomic E-state index is 0.323. The highest BCUT2D eigenvalue weighted by Gasteiger charge is 2.19. The second kappa shape index (κ2) is 3.88. The van der Waals surface area contributed by atoms with E-state index in [0.29, 0.717) is 10.5 Å². The van der Waals surface area contributed by atoms with Gasteiger partial charge in [-0.25, -0.2) is 0 Å². The Hall–Kier alpha value is -0.230. The highest BCUT2D eigenvalue weighted by Crippen LogP contribution is 2.18. The maximum atomic E-state index is 5.78. The average molecular weight is 219 g/mol. The molecule has 1 aromatic rings. The summed E-state index contributed by atoms with van der Waals surface area (Å²) in [6, 6.07) is 0.323. The first-order valence-electron chi connectivity index (χ1n) is 4.20. The third-order valence-electron chi connectivity index (χ3n) is 2.11. The summed E-state index contributed by atoms with van der Waals surface area (Å²) in [4.78, 5) is 2.28. The average Bonchev–Trinajstić information content (AvgIpc) is 2.62. The summed E-state index contributed by atoms with van der Waals surface area (Å²) >= 11 is 7.11. The first-order chi connectivity index (χ1) is 6.24. The lowest BCUT2D eigenvalue weighted by Gasteiger charge is -2.11. The fourth-order valence-electron chi connectivity index (χ4n) is 1.49. The van der Waals surface area contributed by atoms with E-state index in [1.165, 1.54) is 11.3 Å². The molecule has 1 aromatic heterocycles. The molecular formula is C7H11ClN4S. The molecule has 2 heterocycles. The van der Waals surface area contributed by atoms with Crippen LogP contribution in [-0.2, 0) is 6.54 Å². The van der Waals surface area contributed by atoms with E-state index < -0.39 is 0 Å². The van der Waals surface area contributed by atoms with Crippen LogP contribution < -0.4 is 5.73 Å². The van der Waals surface area contributed by atoms with Crippen molar-refractivity contribution in [2.45, 2.75) is 19.0 Å². The van der Waals surface area contributed by atoms with Crippen LogP contribution in [0.15, 0.2) is 0 Å². The van der Waals surface area contributed by atoms with Crippen LogP contribution in [0.25, 0.3) is 0 Å². The topological polar surface area (TPSA) is 55.0 Å². The molecule has 1 aliphatic heterocycles. The van der Waals surface area contributed by atoms with Crippen LogP contribution in [0.2, 0.25) is 4.47 Å². The van der Waals surface area contributed by atoms with Crippen LogP contribution in [0.5, 0.6) is 0 Å². The standard InChI is InChI=1S/C7H11ClN4S/c8-7-11-10-6(13-7)4-12-2-1-5(9)3-12/h5H,1-4,9H2/t5-/m0/s1. The van der Waals surface area contributed by atoms with Gasteiger partial charge in [0.25, 0.3) is 0 Å². The molecule has 1 fully saturated rings. The normalized spacial score (nSPS) is 24.0. The van der Waals surface area contributed by atoms with E-state index in [4.69, 9.17) is 17.3 Å². The van der Waals surface area contributed by atoms with Crippen molar-refractivity contribution < 1.29 is 0 Å². The summed E-state index contributed by atoms with van der Waals surface area (Å²) in [5.41, 5.74) is 5.78. The summed E-state index contributed by atoms with van der Waals surface area (Å²) in [5, 5.41) is 8.68. The van der Waals surface area contributed by atoms with Gasteiger partial charge in [0.1, 0.15) is 5.01 Å². The third kappa shape index (κ3) is 2.37. The van der Waals surface area contributed by atoms with Crippen molar-refractivity contribution in [1.29, 1.82) is 0 Å².